The van der Waals surface area contributed by atoms with Gasteiger partial charge in [-0.1, -0.05) is 19.3 Å². The highest BCUT2D eigenvalue weighted by molar-refractivity contribution is 5.94. The quantitative estimate of drug-likeness (QED) is 0.847. The number of hydrogen-bond donors (Lipinski definition) is 2. The van der Waals surface area contributed by atoms with Crippen LogP contribution in [0, 0.1) is 5.92 Å². The molecule has 0 bridgehead atoms. The summed E-state index contributed by atoms with van der Waals surface area (Å²) in [5.41, 5.74) is 0.693. The molecular weight excluding hydrogens is 292 g/mol. The molecule has 1 saturated carbocycles. The largest absolute Gasteiger partial charge is 0.491 e. The molecule has 0 aromatic heterocycles. The van der Waals surface area contributed by atoms with Gasteiger partial charge in [0.1, 0.15) is 5.75 Å². The van der Waals surface area contributed by atoms with Gasteiger partial charge in [-0.05, 0) is 51.0 Å². The van der Waals surface area contributed by atoms with Crippen molar-refractivity contribution in [2.75, 3.05) is 11.9 Å². The van der Waals surface area contributed by atoms with Gasteiger partial charge in [0.25, 0.3) is 0 Å². The Morgan fingerprint density at radius 2 is 1.78 bits per heavy atom. The van der Waals surface area contributed by atoms with Crippen LogP contribution < -0.4 is 15.4 Å². The lowest BCUT2D eigenvalue weighted by Crippen LogP contribution is -2.37. The number of amides is 2. The minimum absolute atomic E-state index is 0.000492. The minimum atomic E-state index is -0.216. The topological polar surface area (TPSA) is 67.4 Å². The van der Waals surface area contributed by atoms with Crippen molar-refractivity contribution in [1.29, 1.82) is 0 Å². The summed E-state index contributed by atoms with van der Waals surface area (Å²) < 4.78 is 5.55. The molecule has 126 valence electrons. The Morgan fingerprint density at radius 3 is 2.39 bits per heavy atom. The first kappa shape index (κ1) is 17.3. The lowest BCUT2D eigenvalue weighted by molar-refractivity contribution is -0.128. The number of anilines is 1. The fourth-order valence-corrected chi connectivity index (χ4v) is 2.77. The first-order chi connectivity index (χ1) is 11.0. The Morgan fingerprint density at radius 1 is 1.13 bits per heavy atom. The SMILES string of the molecule is CC(C)Oc1ccc(NC(=O)CNC(=O)C2CCCCC2)cc1. The maximum atomic E-state index is 12.0. The lowest BCUT2D eigenvalue weighted by Gasteiger charge is -2.20. The summed E-state index contributed by atoms with van der Waals surface area (Å²) in [5, 5.41) is 5.51. The Bertz CT molecular complexity index is 520. The van der Waals surface area contributed by atoms with Crippen LogP contribution in [0.15, 0.2) is 24.3 Å². The maximum absolute atomic E-state index is 12.0. The van der Waals surface area contributed by atoms with Crippen molar-refractivity contribution in [1.82, 2.24) is 5.32 Å². The van der Waals surface area contributed by atoms with Crippen LogP contribution in [0.25, 0.3) is 0 Å². The van der Waals surface area contributed by atoms with Gasteiger partial charge in [-0.15, -0.1) is 0 Å². The fraction of sp³-hybridized carbons (Fsp3) is 0.556. The molecule has 0 heterocycles. The number of ether oxygens (including phenoxy) is 1. The average molecular weight is 318 g/mol. The summed E-state index contributed by atoms with van der Waals surface area (Å²) in [6.07, 6.45) is 5.41. The van der Waals surface area contributed by atoms with Crippen LogP contribution >= 0.6 is 0 Å². The van der Waals surface area contributed by atoms with Crippen molar-refractivity contribution in [2.24, 2.45) is 5.92 Å². The Kier molecular flexibility index (Phi) is 6.44. The highest BCUT2D eigenvalue weighted by Gasteiger charge is 2.21. The molecule has 0 atom stereocenters. The first-order valence-electron chi connectivity index (χ1n) is 8.39. The molecular formula is C18H26N2O3. The molecule has 23 heavy (non-hydrogen) atoms. The molecule has 0 aliphatic heterocycles. The summed E-state index contributed by atoms with van der Waals surface area (Å²) in [6, 6.07) is 7.21. The second-order valence-corrected chi connectivity index (χ2v) is 6.29. The molecule has 1 aromatic carbocycles. The van der Waals surface area contributed by atoms with Crippen LogP contribution in [0.2, 0.25) is 0 Å². The standard InChI is InChI=1S/C18H26N2O3/c1-13(2)23-16-10-8-15(9-11-16)20-17(21)12-19-18(22)14-6-4-3-5-7-14/h8-11,13-14H,3-7,12H2,1-2H3,(H,19,22)(H,20,21). The molecule has 0 saturated heterocycles. The van der Waals surface area contributed by atoms with E-state index in [1.165, 1.54) is 6.42 Å². The summed E-state index contributed by atoms with van der Waals surface area (Å²) in [7, 11) is 0. The second-order valence-electron chi connectivity index (χ2n) is 6.29. The zero-order valence-corrected chi connectivity index (χ0v) is 13.9. The van der Waals surface area contributed by atoms with E-state index in [1.807, 2.05) is 26.0 Å². The van der Waals surface area contributed by atoms with Crippen molar-refractivity contribution in [3.63, 3.8) is 0 Å². The van der Waals surface area contributed by atoms with Crippen LogP contribution in [-0.4, -0.2) is 24.5 Å². The average Bonchev–Trinajstić information content (AvgIpc) is 2.55. The zero-order chi connectivity index (χ0) is 16.7. The molecule has 2 amide bonds. The second kappa shape index (κ2) is 8.56. The number of carbonyl (C=O) groups excluding carboxylic acids is 2. The molecule has 5 heteroatoms. The van der Waals surface area contributed by atoms with Gasteiger partial charge in [0, 0.05) is 11.6 Å². The van der Waals surface area contributed by atoms with Gasteiger partial charge in [-0.25, -0.2) is 0 Å². The third kappa shape index (κ3) is 5.93. The third-order valence-corrected chi connectivity index (χ3v) is 3.91. The van der Waals surface area contributed by atoms with E-state index in [1.54, 1.807) is 12.1 Å². The molecule has 1 aliphatic rings. The van der Waals surface area contributed by atoms with Crippen LogP contribution in [-0.2, 0) is 9.59 Å². The summed E-state index contributed by atoms with van der Waals surface area (Å²) in [4.78, 5) is 23.9. The number of carbonyl (C=O) groups is 2. The fourth-order valence-electron chi connectivity index (χ4n) is 2.77. The van der Waals surface area contributed by atoms with Crippen molar-refractivity contribution in [2.45, 2.75) is 52.1 Å². The molecule has 0 unspecified atom stereocenters. The molecule has 2 rings (SSSR count). The van der Waals surface area contributed by atoms with E-state index in [9.17, 15) is 9.59 Å². The summed E-state index contributed by atoms with van der Waals surface area (Å²) >= 11 is 0. The van der Waals surface area contributed by atoms with Crippen LogP contribution in [0.1, 0.15) is 46.0 Å². The zero-order valence-electron chi connectivity index (χ0n) is 13.9. The first-order valence-corrected chi connectivity index (χ1v) is 8.39. The van der Waals surface area contributed by atoms with Crippen LogP contribution in [0.4, 0.5) is 5.69 Å². The van der Waals surface area contributed by atoms with Gasteiger partial charge in [0.15, 0.2) is 0 Å². The minimum Gasteiger partial charge on any atom is -0.491 e. The molecule has 5 nitrogen and oxygen atoms in total. The Labute approximate surface area is 137 Å². The number of nitrogens with one attached hydrogen (secondary N) is 2. The predicted octanol–water partition coefficient (Wildman–Crippen LogP) is 3.11. The van der Waals surface area contributed by atoms with E-state index in [0.29, 0.717) is 5.69 Å². The third-order valence-electron chi connectivity index (χ3n) is 3.91. The highest BCUT2D eigenvalue weighted by Crippen LogP contribution is 2.23. The smallest absolute Gasteiger partial charge is 0.243 e. The van der Waals surface area contributed by atoms with E-state index < -0.39 is 0 Å². The molecule has 2 N–H and O–H groups in total. The normalized spacial score (nSPS) is 15.3. The predicted molar refractivity (Wildman–Crippen MR) is 90.4 cm³/mol. The van der Waals surface area contributed by atoms with Crippen molar-refractivity contribution in [3.05, 3.63) is 24.3 Å². The van der Waals surface area contributed by atoms with Crippen molar-refractivity contribution < 1.29 is 14.3 Å². The Balaban J connectivity index is 1.74. The lowest BCUT2D eigenvalue weighted by atomic mass is 9.89. The van der Waals surface area contributed by atoms with Gasteiger partial charge in [-0.3, -0.25) is 9.59 Å². The van der Waals surface area contributed by atoms with Crippen molar-refractivity contribution >= 4 is 17.5 Å². The van der Waals surface area contributed by atoms with Gasteiger partial charge >= 0.3 is 0 Å². The van der Waals surface area contributed by atoms with Crippen LogP contribution in [0.5, 0.6) is 5.75 Å². The van der Waals surface area contributed by atoms with E-state index in [4.69, 9.17) is 4.74 Å². The summed E-state index contributed by atoms with van der Waals surface area (Å²) in [6.45, 7) is 3.94. The maximum Gasteiger partial charge on any atom is 0.243 e. The molecule has 0 radical (unpaired) electrons. The molecule has 1 aliphatic carbocycles. The molecule has 0 spiro atoms. The van der Waals surface area contributed by atoms with Gasteiger partial charge in [0.2, 0.25) is 11.8 Å². The molecule has 1 fully saturated rings. The van der Waals surface area contributed by atoms with Crippen LogP contribution in [0.3, 0.4) is 0 Å². The van der Waals surface area contributed by atoms with Gasteiger partial charge < -0.3 is 15.4 Å². The molecule has 1 aromatic rings. The van der Waals surface area contributed by atoms with E-state index >= 15 is 0 Å². The van der Waals surface area contributed by atoms with Gasteiger partial charge in [0.05, 0.1) is 12.6 Å². The van der Waals surface area contributed by atoms with E-state index in [0.717, 1.165) is 31.4 Å². The van der Waals surface area contributed by atoms with E-state index in [-0.39, 0.29) is 30.4 Å². The highest BCUT2D eigenvalue weighted by atomic mass is 16.5. The number of rotatable bonds is 6. The number of hydrogen-bond acceptors (Lipinski definition) is 3. The Hall–Kier alpha value is -2.04. The van der Waals surface area contributed by atoms with Gasteiger partial charge in [-0.2, -0.15) is 0 Å². The number of benzene rings is 1. The monoisotopic (exact) mass is 318 g/mol. The van der Waals surface area contributed by atoms with E-state index in [2.05, 4.69) is 10.6 Å². The summed E-state index contributed by atoms with van der Waals surface area (Å²) in [5.74, 6) is 0.625. The van der Waals surface area contributed by atoms with Crippen molar-refractivity contribution in [3.8, 4) is 5.75 Å².